The summed E-state index contributed by atoms with van der Waals surface area (Å²) >= 11 is 2.26. The first-order valence-electron chi connectivity index (χ1n) is 7.98. The second kappa shape index (κ2) is 9.08. The molecular weight excluding hydrogens is 459 g/mol. The van der Waals surface area contributed by atoms with Gasteiger partial charge in [-0.05, 0) is 58.5 Å². The number of ether oxygens (including phenoxy) is 1. The van der Waals surface area contributed by atoms with Crippen LogP contribution < -0.4 is 10.2 Å². The largest absolute Gasteiger partial charge is 0.488 e. The zero-order valence-electron chi connectivity index (χ0n) is 14.1. The highest BCUT2D eigenvalue weighted by Crippen LogP contribution is 2.21. The molecule has 1 aromatic heterocycles. The predicted molar refractivity (Wildman–Crippen MR) is 112 cm³/mol. The number of rotatable bonds is 7. The van der Waals surface area contributed by atoms with E-state index in [0.29, 0.717) is 12.4 Å². The van der Waals surface area contributed by atoms with Gasteiger partial charge < -0.3 is 4.74 Å². The Morgan fingerprint density at radius 2 is 1.93 bits per heavy atom. The maximum Gasteiger partial charge on any atom is 0.313 e. The number of hydrogen-bond acceptors (Lipinski definition) is 6. The van der Waals surface area contributed by atoms with Crippen LogP contribution in [-0.2, 0) is 6.61 Å². The lowest BCUT2D eigenvalue weighted by Gasteiger charge is -2.09. The van der Waals surface area contributed by atoms with Crippen molar-refractivity contribution in [3.8, 4) is 5.75 Å². The van der Waals surface area contributed by atoms with Crippen molar-refractivity contribution in [3.05, 3.63) is 91.7 Å². The highest BCUT2D eigenvalue weighted by Gasteiger charge is 2.13. The highest BCUT2D eigenvalue weighted by molar-refractivity contribution is 14.1. The molecule has 0 fully saturated rings. The van der Waals surface area contributed by atoms with E-state index in [0.717, 1.165) is 11.1 Å². The van der Waals surface area contributed by atoms with Gasteiger partial charge in [0, 0.05) is 21.4 Å². The van der Waals surface area contributed by atoms with E-state index < -0.39 is 4.92 Å². The number of anilines is 1. The lowest BCUT2D eigenvalue weighted by atomic mass is 10.2. The van der Waals surface area contributed by atoms with Crippen LogP contribution in [0.1, 0.15) is 11.1 Å². The van der Waals surface area contributed by atoms with E-state index in [-0.39, 0.29) is 11.5 Å². The van der Waals surface area contributed by atoms with Crippen LogP contribution in [0.3, 0.4) is 0 Å². The average molecular weight is 474 g/mol. The number of halogens is 1. The normalized spacial score (nSPS) is 10.7. The first-order chi connectivity index (χ1) is 13.1. The van der Waals surface area contributed by atoms with E-state index in [1.54, 1.807) is 6.21 Å². The minimum absolute atomic E-state index is 0.0797. The van der Waals surface area contributed by atoms with Gasteiger partial charge in [0.15, 0.2) is 0 Å². The topological polar surface area (TPSA) is 89.7 Å². The molecule has 2 aromatic carbocycles. The maximum absolute atomic E-state index is 11.0. The summed E-state index contributed by atoms with van der Waals surface area (Å²) in [6.07, 6.45) is 3.00. The van der Waals surface area contributed by atoms with Gasteiger partial charge in [-0.25, -0.2) is 4.98 Å². The molecule has 0 spiro atoms. The van der Waals surface area contributed by atoms with Crippen molar-refractivity contribution in [2.24, 2.45) is 5.10 Å². The summed E-state index contributed by atoms with van der Waals surface area (Å²) in [7, 11) is 0. The number of hydrogen-bond donors (Lipinski definition) is 1. The lowest BCUT2D eigenvalue weighted by molar-refractivity contribution is -0.384. The molecule has 0 aliphatic carbocycles. The molecule has 3 aromatic rings. The number of nitro groups is 1. The fourth-order valence-electron chi connectivity index (χ4n) is 2.25. The summed E-state index contributed by atoms with van der Waals surface area (Å²) in [5, 5.41) is 15.1. The van der Waals surface area contributed by atoms with Crippen LogP contribution in [0.4, 0.5) is 11.5 Å². The zero-order valence-corrected chi connectivity index (χ0v) is 16.2. The van der Waals surface area contributed by atoms with Gasteiger partial charge in [0.05, 0.1) is 11.1 Å². The second-order valence-corrected chi connectivity index (χ2v) is 6.70. The minimum atomic E-state index is -0.511. The third-order valence-corrected chi connectivity index (χ3v) is 4.30. The number of benzene rings is 2. The van der Waals surface area contributed by atoms with Crippen LogP contribution in [0.15, 0.2) is 72.0 Å². The molecule has 0 saturated carbocycles. The Balaban J connectivity index is 1.69. The summed E-state index contributed by atoms with van der Waals surface area (Å²) in [6, 6.07) is 18.4. The molecule has 0 aliphatic heterocycles. The fourth-order valence-corrected chi connectivity index (χ4v) is 2.61. The highest BCUT2D eigenvalue weighted by atomic mass is 127. The molecule has 0 amide bonds. The van der Waals surface area contributed by atoms with E-state index in [9.17, 15) is 10.1 Å². The van der Waals surface area contributed by atoms with Crippen LogP contribution in [0.5, 0.6) is 5.75 Å². The Labute approximate surface area is 169 Å². The van der Waals surface area contributed by atoms with Crippen molar-refractivity contribution in [2.75, 3.05) is 5.43 Å². The van der Waals surface area contributed by atoms with Crippen molar-refractivity contribution in [3.63, 3.8) is 0 Å². The van der Waals surface area contributed by atoms with Crippen LogP contribution in [-0.4, -0.2) is 16.1 Å². The number of nitrogens with zero attached hydrogens (tertiary/aromatic N) is 3. The number of pyridine rings is 1. The van der Waals surface area contributed by atoms with Crippen molar-refractivity contribution >= 4 is 40.3 Å². The Morgan fingerprint density at radius 1 is 1.15 bits per heavy atom. The van der Waals surface area contributed by atoms with E-state index in [4.69, 9.17) is 4.74 Å². The Bertz CT molecular complexity index is 961. The van der Waals surface area contributed by atoms with Gasteiger partial charge in [0.2, 0.25) is 5.82 Å². The average Bonchev–Trinajstić information content (AvgIpc) is 2.69. The minimum Gasteiger partial charge on any atom is -0.488 e. The Hall–Kier alpha value is -3.01. The van der Waals surface area contributed by atoms with Gasteiger partial charge in [-0.1, -0.05) is 24.3 Å². The first kappa shape index (κ1) is 18.8. The molecule has 7 nitrogen and oxygen atoms in total. The molecule has 136 valence electrons. The van der Waals surface area contributed by atoms with Gasteiger partial charge >= 0.3 is 5.69 Å². The van der Waals surface area contributed by atoms with Crippen LogP contribution in [0.25, 0.3) is 0 Å². The quantitative estimate of drug-likeness (QED) is 0.234. The molecular formula is C19H15IN4O3. The third-order valence-electron chi connectivity index (χ3n) is 3.58. The summed E-state index contributed by atoms with van der Waals surface area (Å²) in [4.78, 5) is 14.4. The molecule has 0 radical (unpaired) electrons. The van der Waals surface area contributed by atoms with Crippen LogP contribution >= 0.6 is 22.6 Å². The molecule has 8 heteroatoms. The second-order valence-electron chi connectivity index (χ2n) is 5.45. The van der Waals surface area contributed by atoms with Gasteiger partial charge in [-0.3, -0.25) is 15.5 Å². The van der Waals surface area contributed by atoms with Gasteiger partial charge in [-0.2, -0.15) is 5.10 Å². The molecule has 0 atom stereocenters. The molecule has 0 bridgehead atoms. The van der Waals surface area contributed by atoms with Gasteiger partial charge in [0.25, 0.3) is 0 Å². The first-order valence-corrected chi connectivity index (χ1v) is 9.06. The molecule has 1 heterocycles. The SMILES string of the molecule is O=[N+]([O-])c1cccnc1N/N=C\c1ccccc1OCc1ccc(I)cc1. The van der Waals surface area contributed by atoms with Gasteiger partial charge in [-0.15, -0.1) is 0 Å². The summed E-state index contributed by atoms with van der Waals surface area (Å²) in [5.74, 6) is 0.744. The van der Waals surface area contributed by atoms with E-state index >= 15 is 0 Å². The predicted octanol–water partition coefficient (Wildman–Crippen LogP) is 4.62. The number of nitrogens with one attached hydrogen (secondary N) is 1. The molecule has 0 saturated heterocycles. The van der Waals surface area contributed by atoms with E-state index in [2.05, 4.69) is 38.1 Å². The zero-order chi connectivity index (χ0) is 19.1. The number of aromatic nitrogens is 1. The summed E-state index contributed by atoms with van der Waals surface area (Å²) in [6.45, 7) is 0.431. The fraction of sp³-hybridized carbons (Fsp3) is 0.0526. The monoisotopic (exact) mass is 474 g/mol. The van der Waals surface area contributed by atoms with Gasteiger partial charge in [0.1, 0.15) is 12.4 Å². The Morgan fingerprint density at radius 3 is 2.70 bits per heavy atom. The van der Waals surface area contributed by atoms with E-state index in [1.807, 2.05) is 48.5 Å². The van der Waals surface area contributed by atoms with E-state index in [1.165, 1.54) is 21.9 Å². The third kappa shape index (κ3) is 5.23. The molecule has 1 N–H and O–H groups in total. The Kier molecular flexibility index (Phi) is 6.31. The standard InChI is InChI=1S/C19H15IN4O3/c20-16-9-7-14(8-10-16)13-27-18-6-2-1-4-15(18)12-22-23-19-17(24(25)26)5-3-11-21-19/h1-12H,13H2,(H,21,23)/b22-12-. The molecule has 3 rings (SSSR count). The summed E-state index contributed by atoms with van der Waals surface area (Å²) in [5.41, 5.74) is 4.27. The van der Waals surface area contributed by atoms with Crippen molar-refractivity contribution in [2.45, 2.75) is 6.61 Å². The van der Waals surface area contributed by atoms with Crippen molar-refractivity contribution in [1.82, 2.24) is 4.98 Å². The maximum atomic E-state index is 11.0. The summed E-state index contributed by atoms with van der Waals surface area (Å²) < 4.78 is 7.05. The molecule has 0 aliphatic rings. The number of para-hydroxylation sites is 1. The molecule has 27 heavy (non-hydrogen) atoms. The number of hydrazone groups is 1. The van der Waals surface area contributed by atoms with Crippen molar-refractivity contribution in [1.29, 1.82) is 0 Å². The van der Waals surface area contributed by atoms with Crippen LogP contribution in [0, 0.1) is 13.7 Å². The van der Waals surface area contributed by atoms with Crippen molar-refractivity contribution < 1.29 is 9.66 Å². The smallest absolute Gasteiger partial charge is 0.313 e. The molecule has 0 unspecified atom stereocenters. The van der Waals surface area contributed by atoms with Crippen LogP contribution in [0.2, 0.25) is 0 Å². The lowest BCUT2D eigenvalue weighted by Crippen LogP contribution is -2.01.